The summed E-state index contributed by atoms with van der Waals surface area (Å²) in [7, 11) is 4.24. The van der Waals surface area contributed by atoms with Crippen LogP contribution in [0.4, 0.5) is 0 Å². The van der Waals surface area contributed by atoms with Gasteiger partial charge in [0, 0.05) is 31.1 Å². The molecular weight excluding hydrogens is 260 g/mol. The van der Waals surface area contributed by atoms with Crippen LogP contribution < -0.4 is 0 Å². The summed E-state index contributed by atoms with van der Waals surface area (Å²) in [6.07, 6.45) is 3.15. The Balaban J connectivity index is 1.91. The van der Waals surface area contributed by atoms with Crippen LogP contribution in [0.25, 0.3) is 0 Å². The highest BCUT2D eigenvalue weighted by atomic mass is 16.1. The van der Waals surface area contributed by atoms with Crippen LogP contribution in [0.1, 0.15) is 40.7 Å². The lowest BCUT2D eigenvalue weighted by Crippen LogP contribution is -2.38. The van der Waals surface area contributed by atoms with Gasteiger partial charge in [0.15, 0.2) is 5.78 Å². The van der Waals surface area contributed by atoms with Crippen molar-refractivity contribution in [1.82, 2.24) is 9.80 Å². The van der Waals surface area contributed by atoms with Crippen molar-refractivity contribution in [3.8, 4) is 0 Å². The molecule has 0 spiro atoms. The number of rotatable bonds is 6. The van der Waals surface area contributed by atoms with Crippen LogP contribution in [0.2, 0.25) is 0 Å². The molecule has 0 radical (unpaired) electrons. The van der Waals surface area contributed by atoms with E-state index in [1.165, 1.54) is 24.0 Å². The van der Waals surface area contributed by atoms with E-state index in [0.717, 1.165) is 25.2 Å². The quantitative estimate of drug-likeness (QED) is 0.752. The van der Waals surface area contributed by atoms with Crippen LogP contribution >= 0.6 is 0 Å². The van der Waals surface area contributed by atoms with E-state index in [2.05, 4.69) is 43.8 Å². The number of hydrogen-bond donors (Lipinski definition) is 0. The monoisotopic (exact) mass is 288 g/mol. The standard InChI is InChI=1S/C18H28N2O/c1-14-10-15(2)12-16(11-14)18(21)7-9-20-8-5-6-17(20)13-19(3)4/h10-12,17H,5-9,13H2,1-4H3. The molecule has 1 saturated heterocycles. The fraction of sp³-hybridized carbons (Fsp3) is 0.611. The number of carbonyl (C=O) groups excluding carboxylic acids is 1. The maximum atomic E-state index is 12.4. The van der Waals surface area contributed by atoms with Crippen molar-refractivity contribution < 1.29 is 4.79 Å². The first-order valence-electron chi connectivity index (χ1n) is 7.96. The van der Waals surface area contributed by atoms with Gasteiger partial charge in [0.05, 0.1) is 0 Å². The van der Waals surface area contributed by atoms with E-state index in [-0.39, 0.29) is 5.78 Å². The van der Waals surface area contributed by atoms with Crippen LogP contribution in [0.5, 0.6) is 0 Å². The Morgan fingerprint density at radius 3 is 2.52 bits per heavy atom. The van der Waals surface area contributed by atoms with Crippen molar-refractivity contribution in [2.24, 2.45) is 0 Å². The first-order chi connectivity index (χ1) is 9.95. The predicted octanol–water partition coefficient (Wildman–Crippen LogP) is 2.90. The third kappa shape index (κ3) is 4.65. The third-order valence-electron chi connectivity index (χ3n) is 4.24. The molecule has 1 aromatic rings. The Kier molecular flexibility index (Phi) is 5.54. The molecule has 1 unspecified atom stereocenters. The molecule has 1 atom stereocenters. The Morgan fingerprint density at radius 1 is 1.24 bits per heavy atom. The third-order valence-corrected chi connectivity index (χ3v) is 4.24. The number of aryl methyl sites for hydroxylation is 2. The number of likely N-dealkylation sites (tertiary alicyclic amines) is 1. The summed E-state index contributed by atoms with van der Waals surface area (Å²) < 4.78 is 0. The number of Topliss-reactive ketones (excluding diaryl/α,β-unsaturated/α-hetero) is 1. The SMILES string of the molecule is Cc1cc(C)cc(C(=O)CCN2CCCC2CN(C)C)c1. The molecule has 0 N–H and O–H groups in total. The number of likely N-dealkylation sites (N-methyl/N-ethyl adjacent to an activating group) is 1. The fourth-order valence-corrected chi connectivity index (χ4v) is 3.34. The highest BCUT2D eigenvalue weighted by molar-refractivity contribution is 5.96. The van der Waals surface area contributed by atoms with E-state index in [1.807, 2.05) is 12.1 Å². The number of hydrogen-bond acceptors (Lipinski definition) is 3. The molecule has 3 heteroatoms. The molecule has 116 valence electrons. The first-order valence-corrected chi connectivity index (χ1v) is 7.96. The van der Waals surface area contributed by atoms with Crippen molar-refractivity contribution in [1.29, 1.82) is 0 Å². The van der Waals surface area contributed by atoms with Gasteiger partial charge < -0.3 is 4.90 Å². The second kappa shape index (κ2) is 7.19. The molecule has 0 aromatic heterocycles. The number of benzene rings is 1. The Hall–Kier alpha value is -1.19. The zero-order valence-corrected chi connectivity index (χ0v) is 13.9. The molecule has 1 aromatic carbocycles. The van der Waals surface area contributed by atoms with Crippen LogP contribution in [0.15, 0.2) is 18.2 Å². The topological polar surface area (TPSA) is 23.6 Å². The first kappa shape index (κ1) is 16.2. The van der Waals surface area contributed by atoms with Gasteiger partial charge in [-0.2, -0.15) is 0 Å². The van der Waals surface area contributed by atoms with Gasteiger partial charge in [0.1, 0.15) is 0 Å². The summed E-state index contributed by atoms with van der Waals surface area (Å²) in [6.45, 7) is 7.23. The molecule has 0 amide bonds. The molecule has 1 aliphatic rings. The Bertz CT molecular complexity index is 476. The van der Waals surface area contributed by atoms with E-state index in [4.69, 9.17) is 0 Å². The van der Waals surface area contributed by atoms with Gasteiger partial charge in [-0.3, -0.25) is 9.69 Å². The van der Waals surface area contributed by atoms with Crippen molar-refractivity contribution in [2.45, 2.75) is 39.2 Å². The van der Waals surface area contributed by atoms with Crippen LogP contribution in [0.3, 0.4) is 0 Å². The summed E-state index contributed by atoms with van der Waals surface area (Å²) in [5, 5.41) is 0. The average Bonchev–Trinajstić information content (AvgIpc) is 2.81. The minimum absolute atomic E-state index is 0.275. The normalized spacial score (nSPS) is 19.4. The largest absolute Gasteiger partial charge is 0.308 e. The fourth-order valence-electron chi connectivity index (χ4n) is 3.34. The average molecular weight is 288 g/mol. The molecule has 0 aliphatic carbocycles. The van der Waals surface area contributed by atoms with E-state index in [0.29, 0.717) is 12.5 Å². The molecule has 1 heterocycles. The summed E-state index contributed by atoms with van der Waals surface area (Å²) in [5.41, 5.74) is 3.21. The van der Waals surface area contributed by atoms with E-state index >= 15 is 0 Å². The van der Waals surface area contributed by atoms with Gasteiger partial charge in [-0.25, -0.2) is 0 Å². The van der Waals surface area contributed by atoms with E-state index < -0.39 is 0 Å². The summed E-state index contributed by atoms with van der Waals surface area (Å²) >= 11 is 0. The maximum absolute atomic E-state index is 12.4. The zero-order chi connectivity index (χ0) is 15.4. The van der Waals surface area contributed by atoms with Gasteiger partial charge in [0.2, 0.25) is 0 Å². The minimum atomic E-state index is 0.275. The van der Waals surface area contributed by atoms with Crippen LogP contribution in [0, 0.1) is 13.8 Å². The highest BCUT2D eigenvalue weighted by Crippen LogP contribution is 2.19. The molecule has 0 bridgehead atoms. The zero-order valence-electron chi connectivity index (χ0n) is 13.9. The van der Waals surface area contributed by atoms with Gasteiger partial charge in [-0.05, 0) is 59.5 Å². The van der Waals surface area contributed by atoms with Crippen LogP contribution in [-0.4, -0.2) is 55.4 Å². The molecule has 1 aliphatic heterocycles. The van der Waals surface area contributed by atoms with Gasteiger partial charge >= 0.3 is 0 Å². The number of nitrogens with zero attached hydrogens (tertiary/aromatic N) is 2. The second-order valence-electron chi connectivity index (χ2n) is 6.64. The molecule has 0 saturated carbocycles. The lowest BCUT2D eigenvalue weighted by Gasteiger charge is -2.26. The maximum Gasteiger partial charge on any atom is 0.164 e. The predicted molar refractivity (Wildman–Crippen MR) is 88.0 cm³/mol. The van der Waals surface area contributed by atoms with E-state index in [9.17, 15) is 4.79 Å². The summed E-state index contributed by atoms with van der Waals surface area (Å²) in [4.78, 5) is 17.1. The Labute approximate surface area is 128 Å². The molecule has 3 nitrogen and oxygen atoms in total. The molecule has 1 fully saturated rings. The van der Waals surface area contributed by atoms with Crippen LogP contribution in [-0.2, 0) is 0 Å². The number of ketones is 1. The lowest BCUT2D eigenvalue weighted by molar-refractivity contribution is 0.0957. The molecule has 21 heavy (non-hydrogen) atoms. The van der Waals surface area contributed by atoms with Crippen molar-refractivity contribution in [3.05, 3.63) is 34.9 Å². The van der Waals surface area contributed by atoms with Gasteiger partial charge in [-0.15, -0.1) is 0 Å². The lowest BCUT2D eigenvalue weighted by atomic mass is 10.0. The molecular formula is C18H28N2O. The molecule has 2 rings (SSSR count). The van der Waals surface area contributed by atoms with Gasteiger partial charge in [-0.1, -0.05) is 17.2 Å². The summed E-state index contributed by atoms with van der Waals surface area (Å²) in [6, 6.07) is 6.75. The van der Waals surface area contributed by atoms with Crippen molar-refractivity contribution >= 4 is 5.78 Å². The summed E-state index contributed by atoms with van der Waals surface area (Å²) in [5.74, 6) is 0.275. The number of carbonyl (C=O) groups is 1. The second-order valence-corrected chi connectivity index (χ2v) is 6.64. The van der Waals surface area contributed by atoms with E-state index in [1.54, 1.807) is 0 Å². The smallest absolute Gasteiger partial charge is 0.164 e. The van der Waals surface area contributed by atoms with Gasteiger partial charge in [0.25, 0.3) is 0 Å². The van der Waals surface area contributed by atoms with Crippen molar-refractivity contribution in [3.63, 3.8) is 0 Å². The van der Waals surface area contributed by atoms with Crippen molar-refractivity contribution in [2.75, 3.05) is 33.7 Å². The minimum Gasteiger partial charge on any atom is -0.308 e. The highest BCUT2D eigenvalue weighted by Gasteiger charge is 2.25. The Morgan fingerprint density at radius 2 is 1.90 bits per heavy atom.